The van der Waals surface area contributed by atoms with E-state index in [0.717, 1.165) is 48.8 Å². The number of aliphatic imine (C=N–C) groups is 1. The quantitative estimate of drug-likeness (QED) is 0.327. The molecule has 0 aliphatic heterocycles. The maximum Gasteiger partial charge on any atom is 0.191 e. The molecule has 3 aromatic rings. The van der Waals surface area contributed by atoms with Gasteiger partial charge in [-0.25, -0.2) is 9.98 Å². The van der Waals surface area contributed by atoms with Gasteiger partial charge >= 0.3 is 0 Å². The topological polar surface area (TPSA) is 78.0 Å². The van der Waals surface area contributed by atoms with Crippen LogP contribution in [0.15, 0.2) is 65.9 Å². The largest absolute Gasteiger partial charge is 0.357 e. The second kappa shape index (κ2) is 10.1. The van der Waals surface area contributed by atoms with Crippen molar-refractivity contribution in [3.8, 4) is 11.4 Å². The summed E-state index contributed by atoms with van der Waals surface area (Å²) in [5, 5.41) is 13.5. The van der Waals surface area contributed by atoms with Crippen molar-refractivity contribution in [1.82, 2.24) is 25.8 Å². The Morgan fingerprint density at radius 1 is 1.04 bits per heavy atom. The van der Waals surface area contributed by atoms with E-state index in [-0.39, 0.29) is 0 Å². The second-order valence-electron chi connectivity index (χ2n) is 6.25. The molecule has 0 unspecified atom stereocenters. The van der Waals surface area contributed by atoms with Crippen molar-refractivity contribution in [3.63, 3.8) is 0 Å². The Bertz CT molecular complexity index is 827. The fourth-order valence-corrected chi connectivity index (χ4v) is 2.82. The molecule has 6 heteroatoms. The molecular weight excluding hydrogens is 336 g/mol. The molecule has 1 heterocycles. The van der Waals surface area contributed by atoms with Gasteiger partial charge in [0.1, 0.15) is 6.33 Å². The normalized spacial score (nSPS) is 11.4. The second-order valence-corrected chi connectivity index (χ2v) is 6.25. The van der Waals surface area contributed by atoms with Crippen LogP contribution in [0.1, 0.15) is 24.5 Å². The fourth-order valence-electron chi connectivity index (χ4n) is 2.82. The van der Waals surface area contributed by atoms with Gasteiger partial charge in [-0.05, 0) is 37.0 Å². The molecule has 0 aliphatic rings. The maximum atomic E-state index is 4.70. The zero-order valence-corrected chi connectivity index (χ0v) is 15.7. The number of H-pyrrole nitrogens is 1. The third-order valence-electron chi connectivity index (χ3n) is 4.16. The summed E-state index contributed by atoms with van der Waals surface area (Å²) in [6.45, 7) is 4.41. The zero-order chi connectivity index (χ0) is 18.7. The van der Waals surface area contributed by atoms with Gasteiger partial charge in [-0.3, -0.25) is 5.10 Å². The number of hydrogen-bond donors (Lipinski definition) is 3. The van der Waals surface area contributed by atoms with Crippen LogP contribution in [0, 0.1) is 0 Å². The van der Waals surface area contributed by atoms with Gasteiger partial charge in [0.25, 0.3) is 0 Å². The average molecular weight is 362 g/mol. The summed E-state index contributed by atoms with van der Waals surface area (Å²) in [5.74, 6) is 1.61. The van der Waals surface area contributed by atoms with Crippen LogP contribution < -0.4 is 10.6 Å². The van der Waals surface area contributed by atoms with Gasteiger partial charge in [-0.2, -0.15) is 5.10 Å². The predicted octanol–water partition coefficient (Wildman–Crippen LogP) is 3.16. The Morgan fingerprint density at radius 3 is 2.67 bits per heavy atom. The Balaban J connectivity index is 1.53. The molecule has 140 valence electrons. The minimum Gasteiger partial charge on any atom is -0.357 e. The Morgan fingerprint density at radius 2 is 1.89 bits per heavy atom. The van der Waals surface area contributed by atoms with Crippen molar-refractivity contribution < 1.29 is 0 Å². The first-order chi connectivity index (χ1) is 13.3. The monoisotopic (exact) mass is 362 g/mol. The molecule has 2 aromatic carbocycles. The summed E-state index contributed by atoms with van der Waals surface area (Å²) in [4.78, 5) is 8.90. The van der Waals surface area contributed by atoms with E-state index < -0.39 is 0 Å². The fraction of sp³-hybridized carbons (Fsp3) is 0.286. The Hall–Kier alpha value is -3.15. The van der Waals surface area contributed by atoms with Crippen molar-refractivity contribution in [3.05, 3.63) is 72.1 Å². The lowest BCUT2D eigenvalue weighted by atomic mass is 10.1. The lowest BCUT2D eigenvalue weighted by molar-refractivity contribution is 0.744. The van der Waals surface area contributed by atoms with Gasteiger partial charge < -0.3 is 10.6 Å². The van der Waals surface area contributed by atoms with Crippen LogP contribution in [0.3, 0.4) is 0 Å². The number of rotatable bonds is 8. The molecule has 0 saturated carbocycles. The third kappa shape index (κ3) is 5.95. The molecule has 0 fully saturated rings. The van der Waals surface area contributed by atoms with Gasteiger partial charge in [0.2, 0.25) is 0 Å². The highest BCUT2D eigenvalue weighted by Crippen LogP contribution is 2.15. The average Bonchev–Trinajstić information content (AvgIpc) is 3.25. The first-order valence-corrected chi connectivity index (χ1v) is 9.36. The van der Waals surface area contributed by atoms with Gasteiger partial charge in [-0.15, -0.1) is 0 Å². The number of guanidine groups is 1. The SMILES string of the molecule is CCNC(=NCc1cccc(-c2ncn[nH]2)c1)NCCCc1ccccc1. The van der Waals surface area contributed by atoms with Gasteiger partial charge in [0.05, 0.1) is 6.54 Å². The van der Waals surface area contributed by atoms with Gasteiger partial charge in [0, 0.05) is 18.7 Å². The highest BCUT2D eigenvalue weighted by atomic mass is 15.2. The molecule has 1 aromatic heterocycles. The summed E-state index contributed by atoms with van der Waals surface area (Å²) in [6, 6.07) is 18.7. The Kier molecular flexibility index (Phi) is 6.98. The van der Waals surface area contributed by atoms with Gasteiger partial charge in [0.15, 0.2) is 11.8 Å². The molecule has 6 nitrogen and oxygen atoms in total. The van der Waals surface area contributed by atoms with E-state index in [4.69, 9.17) is 4.99 Å². The van der Waals surface area contributed by atoms with E-state index in [0.29, 0.717) is 6.54 Å². The highest BCUT2D eigenvalue weighted by Gasteiger charge is 2.02. The molecule has 0 amide bonds. The van der Waals surface area contributed by atoms with E-state index in [1.54, 1.807) is 0 Å². The van der Waals surface area contributed by atoms with Crippen molar-refractivity contribution in [2.75, 3.05) is 13.1 Å². The van der Waals surface area contributed by atoms with E-state index in [1.807, 2.05) is 12.1 Å². The van der Waals surface area contributed by atoms with Crippen LogP contribution >= 0.6 is 0 Å². The molecule has 0 bridgehead atoms. The molecule has 0 spiro atoms. The van der Waals surface area contributed by atoms with Crippen LogP contribution in [0.2, 0.25) is 0 Å². The number of benzene rings is 2. The summed E-state index contributed by atoms with van der Waals surface area (Å²) < 4.78 is 0. The van der Waals surface area contributed by atoms with Crippen LogP contribution in [0.4, 0.5) is 0 Å². The number of nitrogens with zero attached hydrogens (tertiary/aromatic N) is 3. The zero-order valence-electron chi connectivity index (χ0n) is 15.7. The number of aromatic amines is 1. The molecule has 0 radical (unpaired) electrons. The Labute approximate surface area is 160 Å². The van der Waals surface area contributed by atoms with Crippen LogP contribution in [0.5, 0.6) is 0 Å². The molecule has 3 N–H and O–H groups in total. The maximum absolute atomic E-state index is 4.70. The van der Waals surface area contributed by atoms with Crippen LogP contribution in [0.25, 0.3) is 11.4 Å². The minimum absolute atomic E-state index is 0.607. The molecule has 3 rings (SSSR count). The smallest absolute Gasteiger partial charge is 0.191 e. The molecule has 0 aliphatic carbocycles. The number of nitrogens with one attached hydrogen (secondary N) is 3. The summed E-state index contributed by atoms with van der Waals surface area (Å²) >= 11 is 0. The minimum atomic E-state index is 0.607. The van der Waals surface area contributed by atoms with Crippen LogP contribution in [-0.2, 0) is 13.0 Å². The van der Waals surface area contributed by atoms with Gasteiger partial charge in [-0.1, -0.05) is 48.5 Å². The molecule has 0 atom stereocenters. The van der Waals surface area contributed by atoms with Crippen LogP contribution in [-0.4, -0.2) is 34.2 Å². The highest BCUT2D eigenvalue weighted by molar-refractivity contribution is 5.79. The summed E-state index contributed by atoms with van der Waals surface area (Å²) in [5.41, 5.74) is 3.51. The lowest BCUT2D eigenvalue weighted by Crippen LogP contribution is -2.37. The summed E-state index contributed by atoms with van der Waals surface area (Å²) in [6.07, 6.45) is 3.64. The number of aryl methyl sites for hydroxylation is 1. The van der Waals surface area contributed by atoms with E-state index in [9.17, 15) is 0 Å². The molecular formula is C21H26N6. The molecule has 0 saturated heterocycles. The third-order valence-corrected chi connectivity index (χ3v) is 4.16. The summed E-state index contributed by atoms with van der Waals surface area (Å²) in [7, 11) is 0. The van der Waals surface area contributed by atoms with Crippen molar-refractivity contribution in [2.24, 2.45) is 4.99 Å². The van der Waals surface area contributed by atoms with E-state index in [2.05, 4.69) is 75.2 Å². The van der Waals surface area contributed by atoms with E-state index >= 15 is 0 Å². The van der Waals surface area contributed by atoms with E-state index in [1.165, 1.54) is 11.9 Å². The number of hydrogen-bond acceptors (Lipinski definition) is 3. The lowest BCUT2D eigenvalue weighted by Gasteiger charge is -2.11. The predicted molar refractivity (Wildman–Crippen MR) is 109 cm³/mol. The van der Waals surface area contributed by atoms with Crippen molar-refractivity contribution in [2.45, 2.75) is 26.3 Å². The standard InChI is InChI=1S/C21H26N6/c1-2-22-21(23-13-7-11-17-8-4-3-5-9-17)24-15-18-10-6-12-19(14-18)20-25-16-26-27-20/h3-6,8-10,12,14,16H,2,7,11,13,15H2,1H3,(H2,22,23,24)(H,25,26,27). The first kappa shape index (κ1) is 18.6. The molecule has 27 heavy (non-hydrogen) atoms. The van der Waals surface area contributed by atoms with Crippen molar-refractivity contribution in [1.29, 1.82) is 0 Å². The first-order valence-electron chi connectivity index (χ1n) is 9.36. The number of aromatic nitrogens is 3. The van der Waals surface area contributed by atoms with Crippen molar-refractivity contribution >= 4 is 5.96 Å².